The van der Waals surface area contributed by atoms with E-state index < -0.39 is 5.91 Å². The highest BCUT2D eigenvalue weighted by Crippen LogP contribution is 2.34. The Morgan fingerprint density at radius 1 is 0.939 bits per heavy atom. The summed E-state index contributed by atoms with van der Waals surface area (Å²) in [4.78, 5) is 31.2. The molecule has 7 heteroatoms. The number of carbonyl (C=O) groups excluding carboxylic acids is 2. The van der Waals surface area contributed by atoms with E-state index in [0.717, 1.165) is 22.3 Å². The lowest BCUT2D eigenvalue weighted by Crippen LogP contribution is -2.10. The van der Waals surface area contributed by atoms with Gasteiger partial charge >= 0.3 is 0 Å². The first-order chi connectivity index (χ1) is 16.1. The number of hydrogen-bond acceptors (Lipinski definition) is 6. The lowest BCUT2D eigenvalue weighted by molar-refractivity contribution is 0.0997. The predicted octanol–water partition coefficient (Wildman–Crippen LogP) is 6.05. The molecule has 5 aromatic rings. The standard InChI is InChI=1S/C26H18N2O4S/c1-31-19-14-8-13-18-15-20(32-23(18)19)25(30)28-26-27-21(16-9-4-2-5-10-16)24(33-26)22(29)17-11-6-3-7-12-17/h2-15H,1H3,(H,27,28,30). The number of methoxy groups -OCH3 is 1. The Kier molecular flexibility index (Phi) is 5.46. The van der Waals surface area contributed by atoms with Gasteiger partial charge in [0.2, 0.25) is 5.78 Å². The summed E-state index contributed by atoms with van der Waals surface area (Å²) >= 11 is 1.14. The number of aromatic nitrogens is 1. The van der Waals surface area contributed by atoms with Gasteiger partial charge in [0, 0.05) is 16.5 Å². The first-order valence-electron chi connectivity index (χ1n) is 10.2. The fourth-order valence-electron chi connectivity index (χ4n) is 3.51. The number of para-hydroxylation sites is 1. The van der Waals surface area contributed by atoms with Gasteiger partial charge in [-0.25, -0.2) is 4.98 Å². The fourth-order valence-corrected chi connectivity index (χ4v) is 4.45. The van der Waals surface area contributed by atoms with Crippen LogP contribution in [0.5, 0.6) is 5.75 Å². The molecule has 0 saturated carbocycles. The van der Waals surface area contributed by atoms with E-state index in [1.165, 1.54) is 0 Å². The van der Waals surface area contributed by atoms with Gasteiger partial charge < -0.3 is 9.15 Å². The van der Waals surface area contributed by atoms with E-state index >= 15 is 0 Å². The molecule has 0 radical (unpaired) electrons. The average Bonchev–Trinajstić information content (AvgIpc) is 3.49. The van der Waals surface area contributed by atoms with Crippen molar-refractivity contribution < 1.29 is 18.7 Å². The maximum atomic E-state index is 13.2. The Morgan fingerprint density at radius 3 is 2.39 bits per heavy atom. The summed E-state index contributed by atoms with van der Waals surface area (Å²) in [6, 6.07) is 25.5. The third-order valence-corrected chi connectivity index (χ3v) is 6.06. The normalized spacial score (nSPS) is 10.8. The van der Waals surface area contributed by atoms with Crippen molar-refractivity contribution in [2.75, 3.05) is 12.4 Å². The smallest absolute Gasteiger partial charge is 0.293 e. The minimum atomic E-state index is -0.458. The third-order valence-electron chi connectivity index (χ3n) is 5.09. The quantitative estimate of drug-likeness (QED) is 0.316. The van der Waals surface area contributed by atoms with Crippen LogP contribution in [0.1, 0.15) is 25.8 Å². The van der Waals surface area contributed by atoms with Crippen LogP contribution in [0, 0.1) is 0 Å². The van der Waals surface area contributed by atoms with Crippen LogP contribution in [0.3, 0.4) is 0 Å². The Bertz CT molecular complexity index is 1460. The molecule has 33 heavy (non-hydrogen) atoms. The largest absolute Gasteiger partial charge is 0.493 e. The van der Waals surface area contributed by atoms with Gasteiger partial charge in [0.05, 0.1) is 12.8 Å². The summed E-state index contributed by atoms with van der Waals surface area (Å²) in [5.41, 5.74) is 2.37. The van der Waals surface area contributed by atoms with Crippen LogP contribution in [-0.2, 0) is 0 Å². The highest BCUT2D eigenvalue weighted by atomic mass is 32.1. The zero-order valence-corrected chi connectivity index (χ0v) is 18.4. The molecule has 3 aromatic carbocycles. The second-order valence-corrected chi connectivity index (χ2v) is 8.20. The van der Waals surface area contributed by atoms with Crippen molar-refractivity contribution in [3.63, 3.8) is 0 Å². The van der Waals surface area contributed by atoms with Crippen LogP contribution in [0.15, 0.2) is 89.3 Å². The average molecular weight is 455 g/mol. The van der Waals surface area contributed by atoms with Crippen molar-refractivity contribution in [2.24, 2.45) is 0 Å². The lowest BCUT2D eigenvalue weighted by atomic mass is 10.1. The molecule has 1 N–H and O–H groups in total. The van der Waals surface area contributed by atoms with Crippen LogP contribution in [0.25, 0.3) is 22.2 Å². The number of nitrogens with one attached hydrogen (secondary N) is 1. The van der Waals surface area contributed by atoms with E-state index in [1.54, 1.807) is 31.4 Å². The van der Waals surface area contributed by atoms with Gasteiger partial charge in [-0.1, -0.05) is 84.1 Å². The lowest BCUT2D eigenvalue weighted by Gasteiger charge is -2.02. The van der Waals surface area contributed by atoms with Gasteiger partial charge in [-0.3, -0.25) is 14.9 Å². The van der Waals surface area contributed by atoms with E-state index in [4.69, 9.17) is 9.15 Å². The van der Waals surface area contributed by atoms with Crippen LogP contribution in [0.4, 0.5) is 5.13 Å². The Morgan fingerprint density at radius 2 is 1.67 bits per heavy atom. The number of ketones is 1. The highest BCUT2D eigenvalue weighted by molar-refractivity contribution is 7.18. The first-order valence-corrected chi connectivity index (χ1v) is 11.0. The van der Waals surface area contributed by atoms with E-state index in [1.807, 2.05) is 60.7 Å². The monoisotopic (exact) mass is 454 g/mol. The summed E-state index contributed by atoms with van der Waals surface area (Å²) in [6.07, 6.45) is 0. The Labute approximate surface area is 193 Å². The third kappa shape index (κ3) is 4.02. The molecule has 0 aliphatic rings. The maximum Gasteiger partial charge on any atom is 0.293 e. The molecular formula is C26H18N2O4S. The summed E-state index contributed by atoms with van der Waals surface area (Å²) in [5.74, 6) is 0.0612. The van der Waals surface area contributed by atoms with Crippen LogP contribution in [-0.4, -0.2) is 23.8 Å². The van der Waals surface area contributed by atoms with Crippen molar-refractivity contribution in [3.05, 3.63) is 101 Å². The number of furan rings is 1. The number of benzene rings is 3. The molecule has 5 rings (SSSR count). The van der Waals surface area contributed by atoms with E-state index in [2.05, 4.69) is 10.3 Å². The Hall–Kier alpha value is -4.23. The molecule has 0 unspecified atom stereocenters. The van der Waals surface area contributed by atoms with Gasteiger partial charge in [-0.2, -0.15) is 0 Å². The van der Waals surface area contributed by atoms with Crippen molar-refractivity contribution >= 4 is 39.1 Å². The van der Waals surface area contributed by atoms with Crippen molar-refractivity contribution in [1.82, 2.24) is 4.98 Å². The van der Waals surface area contributed by atoms with Gasteiger partial charge in [0.15, 0.2) is 22.2 Å². The molecule has 1 amide bonds. The van der Waals surface area contributed by atoms with Crippen molar-refractivity contribution in [3.8, 4) is 17.0 Å². The van der Waals surface area contributed by atoms with Crippen molar-refractivity contribution in [1.29, 1.82) is 0 Å². The topological polar surface area (TPSA) is 81.4 Å². The molecule has 0 aliphatic carbocycles. The second-order valence-electron chi connectivity index (χ2n) is 7.20. The molecule has 0 aliphatic heterocycles. The minimum Gasteiger partial charge on any atom is -0.493 e. The number of hydrogen-bond donors (Lipinski definition) is 1. The number of fused-ring (bicyclic) bond motifs is 1. The summed E-state index contributed by atoms with van der Waals surface area (Å²) in [7, 11) is 1.54. The number of rotatable bonds is 6. The molecule has 0 saturated heterocycles. The number of carbonyl (C=O) groups is 2. The molecule has 2 heterocycles. The zero-order chi connectivity index (χ0) is 22.8. The number of thiazole rings is 1. The second kappa shape index (κ2) is 8.72. The van der Waals surface area contributed by atoms with Gasteiger partial charge in [-0.05, 0) is 12.1 Å². The molecule has 6 nitrogen and oxygen atoms in total. The molecular weight excluding hydrogens is 436 g/mol. The van der Waals surface area contributed by atoms with Gasteiger partial charge in [0.25, 0.3) is 5.91 Å². The van der Waals surface area contributed by atoms with Crippen LogP contribution < -0.4 is 10.1 Å². The molecule has 0 bridgehead atoms. The number of anilines is 1. The SMILES string of the molecule is COc1cccc2cc(C(=O)Nc3nc(-c4ccccc4)c(C(=O)c4ccccc4)s3)oc12. The van der Waals surface area contributed by atoms with Crippen LogP contribution >= 0.6 is 11.3 Å². The van der Waals surface area contributed by atoms with Crippen molar-refractivity contribution in [2.45, 2.75) is 0 Å². The minimum absolute atomic E-state index is 0.127. The van der Waals surface area contributed by atoms with E-state index in [-0.39, 0.29) is 11.5 Å². The molecule has 2 aromatic heterocycles. The zero-order valence-electron chi connectivity index (χ0n) is 17.6. The van der Waals surface area contributed by atoms with Gasteiger partial charge in [-0.15, -0.1) is 0 Å². The summed E-state index contributed by atoms with van der Waals surface area (Å²) in [6.45, 7) is 0. The highest BCUT2D eigenvalue weighted by Gasteiger charge is 2.23. The summed E-state index contributed by atoms with van der Waals surface area (Å²) in [5, 5.41) is 3.84. The molecule has 162 valence electrons. The fraction of sp³-hybridized carbons (Fsp3) is 0.0385. The van der Waals surface area contributed by atoms with Crippen LogP contribution in [0.2, 0.25) is 0 Å². The summed E-state index contributed by atoms with van der Waals surface area (Å²) < 4.78 is 11.0. The Balaban J connectivity index is 1.50. The van der Waals surface area contributed by atoms with E-state index in [0.29, 0.717) is 32.6 Å². The number of ether oxygens (including phenoxy) is 1. The number of amides is 1. The maximum absolute atomic E-state index is 13.2. The number of nitrogens with zero attached hydrogens (tertiary/aromatic N) is 1. The predicted molar refractivity (Wildman–Crippen MR) is 128 cm³/mol. The first kappa shape index (κ1) is 20.7. The molecule has 0 spiro atoms. The molecule has 0 atom stereocenters. The van der Waals surface area contributed by atoms with E-state index in [9.17, 15) is 9.59 Å². The van der Waals surface area contributed by atoms with Gasteiger partial charge in [0.1, 0.15) is 4.88 Å². The molecule has 0 fully saturated rings.